The average Bonchev–Trinajstić information content (AvgIpc) is 2.46. The van der Waals surface area contributed by atoms with E-state index in [-0.39, 0.29) is 11.3 Å². The Morgan fingerprint density at radius 2 is 1.82 bits per heavy atom. The fraction of sp³-hybridized carbons (Fsp3) is 0.333. The van der Waals surface area contributed by atoms with E-state index in [1.807, 2.05) is 0 Å². The Morgan fingerprint density at radius 1 is 1.18 bits per heavy atom. The molecule has 0 radical (unpaired) electrons. The second-order valence-electron chi connectivity index (χ2n) is 5.28. The quantitative estimate of drug-likeness (QED) is 0.920. The topological polar surface area (TPSA) is 46.2 Å². The first-order valence-electron chi connectivity index (χ1n) is 6.64. The Bertz CT molecular complexity index is 690. The molecule has 120 valence electrons. The van der Waals surface area contributed by atoms with E-state index in [4.69, 9.17) is 0 Å². The SMILES string of the molecule is Cc1ccc(S(=O)(=O)NCC2(C(F)(F)F)C=CC=CC2)cc1. The van der Waals surface area contributed by atoms with Crippen molar-refractivity contribution in [3.05, 3.63) is 54.1 Å². The summed E-state index contributed by atoms with van der Waals surface area (Å²) in [5.74, 6) is 0. The van der Waals surface area contributed by atoms with E-state index in [9.17, 15) is 21.6 Å². The summed E-state index contributed by atoms with van der Waals surface area (Å²) >= 11 is 0. The molecular formula is C15H16F3NO2S. The van der Waals surface area contributed by atoms with Gasteiger partial charge in [0.15, 0.2) is 0 Å². The Morgan fingerprint density at radius 3 is 2.32 bits per heavy atom. The summed E-state index contributed by atoms with van der Waals surface area (Å²) in [7, 11) is -3.98. The van der Waals surface area contributed by atoms with Crippen LogP contribution in [0, 0.1) is 12.3 Å². The maximum Gasteiger partial charge on any atom is 0.399 e. The smallest absolute Gasteiger partial charge is 0.210 e. The van der Waals surface area contributed by atoms with Crippen LogP contribution in [0.2, 0.25) is 0 Å². The third kappa shape index (κ3) is 3.41. The molecule has 3 nitrogen and oxygen atoms in total. The molecule has 0 saturated carbocycles. The van der Waals surface area contributed by atoms with Crippen molar-refractivity contribution in [2.75, 3.05) is 6.54 Å². The van der Waals surface area contributed by atoms with E-state index in [1.165, 1.54) is 30.4 Å². The van der Waals surface area contributed by atoms with Gasteiger partial charge in [-0.3, -0.25) is 0 Å². The monoisotopic (exact) mass is 331 g/mol. The molecule has 2 rings (SSSR count). The first-order valence-corrected chi connectivity index (χ1v) is 8.12. The van der Waals surface area contributed by atoms with E-state index in [2.05, 4.69) is 4.72 Å². The molecule has 1 aliphatic carbocycles. The molecule has 0 heterocycles. The first kappa shape index (κ1) is 16.8. The number of aryl methyl sites for hydroxylation is 1. The number of allylic oxidation sites excluding steroid dienone is 3. The van der Waals surface area contributed by atoms with Gasteiger partial charge in [0.1, 0.15) is 5.41 Å². The largest absolute Gasteiger partial charge is 0.399 e. The number of hydrogen-bond acceptors (Lipinski definition) is 2. The molecule has 1 N–H and O–H groups in total. The number of benzene rings is 1. The summed E-state index contributed by atoms with van der Waals surface area (Å²) in [6, 6.07) is 5.93. The molecule has 1 unspecified atom stereocenters. The molecule has 0 amide bonds. The van der Waals surface area contributed by atoms with Crippen LogP contribution in [0.1, 0.15) is 12.0 Å². The molecule has 0 aliphatic heterocycles. The summed E-state index contributed by atoms with van der Waals surface area (Å²) < 4.78 is 66.3. The van der Waals surface area contributed by atoms with Crippen molar-refractivity contribution in [2.24, 2.45) is 5.41 Å². The lowest BCUT2D eigenvalue weighted by Crippen LogP contribution is -2.46. The van der Waals surface area contributed by atoms with Crippen LogP contribution in [0.3, 0.4) is 0 Å². The van der Waals surface area contributed by atoms with Gasteiger partial charge in [0.2, 0.25) is 10.0 Å². The number of sulfonamides is 1. The van der Waals surface area contributed by atoms with Crippen molar-refractivity contribution >= 4 is 10.0 Å². The number of alkyl halides is 3. The third-order valence-electron chi connectivity index (χ3n) is 3.62. The highest BCUT2D eigenvalue weighted by molar-refractivity contribution is 7.89. The summed E-state index contributed by atoms with van der Waals surface area (Å²) in [6.45, 7) is 1.06. The molecule has 0 spiro atoms. The molecule has 1 aliphatic rings. The van der Waals surface area contributed by atoms with Crippen LogP contribution in [-0.4, -0.2) is 21.1 Å². The van der Waals surface area contributed by atoms with E-state index >= 15 is 0 Å². The molecule has 1 aromatic rings. The molecule has 0 bridgehead atoms. The fourth-order valence-electron chi connectivity index (χ4n) is 2.13. The number of nitrogens with one attached hydrogen (secondary N) is 1. The van der Waals surface area contributed by atoms with Crippen molar-refractivity contribution in [1.29, 1.82) is 0 Å². The van der Waals surface area contributed by atoms with Gasteiger partial charge in [0.25, 0.3) is 0 Å². The molecule has 7 heteroatoms. The van der Waals surface area contributed by atoms with Crippen molar-refractivity contribution in [2.45, 2.75) is 24.4 Å². The van der Waals surface area contributed by atoms with Crippen LogP contribution in [-0.2, 0) is 10.0 Å². The summed E-state index contributed by atoms with van der Waals surface area (Å²) in [5.41, 5.74) is -1.34. The van der Waals surface area contributed by atoms with Crippen LogP contribution in [0.5, 0.6) is 0 Å². The Labute approximate surface area is 127 Å². The maximum atomic E-state index is 13.3. The predicted molar refractivity (Wildman–Crippen MR) is 77.8 cm³/mol. The van der Waals surface area contributed by atoms with Gasteiger partial charge in [-0.25, -0.2) is 13.1 Å². The van der Waals surface area contributed by atoms with Gasteiger partial charge in [-0.2, -0.15) is 13.2 Å². The van der Waals surface area contributed by atoms with Crippen molar-refractivity contribution in [3.8, 4) is 0 Å². The molecule has 0 fully saturated rings. The van der Waals surface area contributed by atoms with Gasteiger partial charge >= 0.3 is 6.18 Å². The molecule has 1 atom stereocenters. The van der Waals surface area contributed by atoms with Crippen molar-refractivity contribution in [1.82, 2.24) is 4.72 Å². The molecule has 22 heavy (non-hydrogen) atoms. The van der Waals surface area contributed by atoms with Gasteiger partial charge in [0.05, 0.1) is 4.90 Å². The zero-order chi connectivity index (χ0) is 16.4. The van der Waals surface area contributed by atoms with Gasteiger partial charge in [-0.05, 0) is 25.5 Å². The maximum absolute atomic E-state index is 13.3. The van der Waals surface area contributed by atoms with Gasteiger partial charge in [-0.15, -0.1) is 0 Å². The first-order chi connectivity index (χ1) is 10.2. The molecule has 1 aromatic carbocycles. The van der Waals surface area contributed by atoms with Crippen LogP contribution in [0.25, 0.3) is 0 Å². The zero-order valence-corrected chi connectivity index (χ0v) is 12.7. The van der Waals surface area contributed by atoms with Gasteiger partial charge in [-0.1, -0.05) is 42.0 Å². The minimum Gasteiger partial charge on any atom is -0.210 e. The summed E-state index contributed by atoms with van der Waals surface area (Å²) in [6.07, 6.45) is 0.363. The van der Waals surface area contributed by atoms with Crippen molar-refractivity contribution in [3.63, 3.8) is 0 Å². The number of rotatable bonds is 4. The Hall–Kier alpha value is -1.60. The highest BCUT2D eigenvalue weighted by atomic mass is 32.2. The van der Waals surface area contributed by atoms with Crippen LogP contribution in [0.15, 0.2) is 53.5 Å². The van der Waals surface area contributed by atoms with Crippen molar-refractivity contribution < 1.29 is 21.6 Å². The van der Waals surface area contributed by atoms with Gasteiger partial charge in [0, 0.05) is 6.54 Å². The third-order valence-corrected chi connectivity index (χ3v) is 5.04. The molecule has 0 aromatic heterocycles. The Balaban J connectivity index is 2.21. The average molecular weight is 331 g/mol. The van der Waals surface area contributed by atoms with Gasteiger partial charge < -0.3 is 0 Å². The molecule has 0 saturated heterocycles. The lowest BCUT2D eigenvalue weighted by Gasteiger charge is -2.33. The van der Waals surface area contributed by atoms with Crippen LogP contribution in [0.4, 0.5) is 13.2 Å². The van der Waals surface area contributed by atoms with E-state index in [1.54, 1.807) is 19.1 Å². The second kappa shape index (κ2) is 5.89. The fourth-order valence-corrected chi connectivity index (χ4v) is 3.24. The summed E-state index contributed by atoms with van der Waals surface area (Å²) in [4.78, 5) is -0.0502. The highest BCUT2D eigenvalue weighted by Gasteiger charge is 2.52. The van der Waals surface area contributed by atoms with E-state index in [0.717, 1.165) is 11.6 Å². The van der Waals surface area contributed by atoms with E-state index in [0.29, 0.717) is 0 Å². The highest BCUT2D eigenvalue weighted by Crippen LogP contribution is 2.44. The van der Waals surface area contributed by atoms with Crippen LogP contribution >= 0.6 is 0 Å². The second-order valence-corrected chi connectivity index (χ2v) is 7.05. The van der Waals surface area contributed by atoms with Crippen LogP contribution < -0.4 is 4.72 Å². The number of hydrogen-bond donors (Lipinski definition) is 1. The predicted octanol–water partition coefficient (Wildman–Crippen LogP) is 3.34. The zero-order valence-electron chi connectivity index (χ0n) is 11.9. The minimum atomic E-state index is -4.54. The lowest BCUT2D eigenvalue weighted by atomic mass is 9.81. The Kier molecular flexibility index (Phi) is 4.49. The normalized spacial score (nSPS) is 22.0. The lowest BCUT2D eigenvalue weighted by molar-refractivity contribution is -0.202. The van der Waals surface area contributed by atoms with E-state index < -0.39 is 28.2 Å². The number of halogens is 3. The summed E-state index contributed by atoms with van der Waals surface area (Å²) in [5, 5.41) is 0. The minimum absolute atomic E-state index is 0.0502. The standard InChI is InChI=1S/C15H16F3NO2S/c1-12-5-7-13(8-6-12)22(20,21)19-11-14(15(16,17)18)9-3-2-4-10-14/h2-9,19H,10-11H2,1H3. The molecular weight excluding hydrogens is 315 g/mol.